The standard InChI is InChI=1S/C18H35F3O4Si.C17H32Cl3F3OSi.CH4/c1-24-26(22,23)16-14-12-10-8-6-4-2-3-5-7-9-11-13-15-25-17-18(19,20)21;18-25(19,20)15-13-11-9-7-5-3-1-2-4-6-8-10-12-14-24-16-17(21,22)23;/h2-17H2,1H3;1-16H2;1H4/q-2;;. The molecule has 0 aliphatic carbocycles. The molecular weight excluding hydrogens is 789 g/mol. The summed E-state index contributed by atoms with van der Waals surface area (Å²) in [5.41, 5.74) is 0. The normalized spacial score (nSPS) is 12.5. The molecule has 0 unspecified atom stereocenters. The van der Waals surface area contributed by atoms with E-state index in [4.69, 9.17) is 33.2 Å². The molecule has 0 aliphatic heterocycles. The van der Waals surface area contributed by atoms with Crippen LogP contribution in [-0.2, 0) is 13.9 Å². The Labute approximate surface area is 329 Å². The van der Waals surface area contributed by atoms with Gasteiger partial charge in [0.15, 0.2) is 0 Å². The zero-order valence-corrected chi connectivity index (χ0v) is 35.3. The van der Waals surface area contributed by atoms with Crippen molar-refractivity contribution in [2.75, 3.05) is 33.5 Å². The maximum absolute atomic E-state index is 11.8. The molecule has 0 bridgehead atoms. The Balaban J connectivity index is -0.000000907. The van der Waals surface area contributed by atoms with Crippen molar-refractivity contribution in [2.45, 2.75) is 199 Å². The second-order valence-corrected chi connectivity index (χ2v) is 25.1. The van der Waals surface area contributed by atoms with Gasteiger partial charge in [-0.15, -0.1) is 33.2 Å². The van der Waals surface area contributed by atoms with Gasteiger partial charge < -0.3 is 23.5 Å². The molecule has 318 valence electrons. The molecule has 0 N–H and O–H groups in total. The van der Waals surface area contributed by atoms with Crippen molar-refractivity contribution in [2.24, 2.45) is 0 Å². The molecule has 0 atom stereocenters. The lowest BCUT2D eigenvalue weighted by molar-refractivity contribution is -0.404. The van der Waals surface area contributed by atoms with Gasteiger partial charge in [0.2, 0.25) is 0 Å². The third kappa shape index (κ3) is 55.0. The van der Waals surface area contributed by atoms with E-state index in [9.17, 15) is 35.9 Å². The molecule has 0 rings (SSSR count). The maximum atomic E-state index is 11.8. The molecule has 0 radical (unpaired) electrons. The fourth-order valence-corrected chi connectivity index (χ4v) is 8.18. The van der Waals surface area contributed by atoms with Crippen LogP contribution in [0, 0.1) is 0 Å². The maximum Gasteiger partial charge on any atom is 0.411 e. The van der Waals surface area contributed by atoms with E-state index in [1.165, 1.54) is 90.6 Å². The van der Waals surface area contributed by atoms with E-state index in [0.29, 0.717) is 12.8 Å². The second-order valence-electron chi connectivity index (χ2n) is 13.5. The average Bonchev–Trinajstić information content (AvgIpc) is 3.02. The predicted molar refractivity (Wildman–Crippen MR) is 206 cm³/mol. The molecule has 0 saturated carbocycles. The third-order valence-corrected chi connectivity index (χ3v) is 12.6. The molecular formula is C36H71Cl3F6O5Si2-2. The van der Waals surface area contributed by atoms with E-state index in [-0.39, 0.29) is 26.7 Å². The van der Waals surface area contributed by atoms with Crippen LogP contribution in [0.2, 0.25) is 12.1 Å². The van der Waals surface area contributed by atoms with Crippen LogP contribution in [-0.4, -0.2) is 60.7 Å². The number of halogens is 9. The van der Waals surface area contributed by atoms with Crippen molar-refractivity contribution in [3.8, 4) is 0 Å². The Bertz CT molecular complexity index is 710. The smallest absolute Gasteiger partial charge is 0.411 e. The van der Waals surface area contributed by atoms with Crippen LogP contribution in [0.5, 0.6) is 0 Å². The summed E-state index contributed by atoms with van der Waals surface area (Å²) in [6.45, 7) is -1.86. The van der Waals surface area contributed by atoms with Crippen molar-refractivity contribution in [1.82, 2.24) is 0 Å². The summed E-state index contributed by atoms with van der Waals surface area (Å²) in [6.07, 6.45) is 20.2. The molecule has 0 aromatic rings. The van der Waals surface area contributed by atoms with Gasteiger partial charge in [-0.3, -0.25) is 0 Å². The molecule has 5 nitrogen and oxygen atoms in total. The molecule has 0 saturated heterocycles. The Morgan fingerprint density at radius 2 is 0.654 bits per heavy atom. The lowest BCUT2D eigenvalue weighted by Gasteiger charge is -2.44. The van der Waals surface area contributed by atoms with Gasteiger partial charge in [-0.1, -0.05) is 168 Å². The van der Waals surface area contributed by atoms with Gasteiger partial charge in [0.1, 0.15) is 13.2 Å². The number of hydrogen-bond acceptors (Lipinski definition) is 5. The predicted octanol–water partition coefficient (Wildman–Crippen LogP) is 12.9. The molecule has 0 fully saturated rings. The minimum absolute atomic E-state index is 0. The SMILES string of the molecule is C.CO[Si]([O-])([O-])CCCCCCCCCCCCCCCOCC(F)(F)F.FC(F)(F)COCCCCCCCCCCCCCCC[Si](Cl)(Cl)Cl. The quantitative estimate of drug-likeness (QED) is 0.0275. The molecule has 0 spiro atoms. The largest absolute Gasteiger partial charge is 0.849 e. The Morgan fingerprint density at radius 1 is 0.423 bits per heavy atom. The second kappa shape index (κ2) is 37.3. The average molecular weight is 860 g/mol. The number of unbranched alkanes of at least 4 members (excludes halogenated alkanes) is 24. The summed E-state index contributed by atoms with van der Waals surface area (Å²) in [6, 6.07) is -1.47. The highest BCUT2D eigenvalue weighted by Crippen LogP contribution is 2.27. The van der Waals surface area contributed by atoms with Gasteiger partial charge in [0.05, 0.1) is 0 Å². The first-order valence-corrected chi connectivity index (χ1v) is 26.5. The first kappa shape index (κ1) is 57.0. The van der Waals surface area contributed by atoms with Crippen molar-refractivity contribution >= 4 is 48.0 Å². The molecule has 0 heterocycles. The van der Waals surface area contributed by atoms with Gasteiger partial charge in [-0.2, -0.15) is 26.3 Å². The Hall–Kier alpha value is 0.684. The molecule has 0 aromatic heterocycles. The van der Waals surface area contributed by atoms with Crippen molar-refractivity contribution in [3.63, 3.8) is 0 Å². The van der Waals surface area contributed by atoms with Crippen molar-refractivity contribution < 1.29 is 49.8 Å². The first-order valence-electron chi connectivity index (χ1n) is 19.3. The number of ether oxygens (including phenoxy) is 2. The zero-order valence-electron chi connectivity index (χ0n) is 31.1. The van der Waals surface area contributed by atoms with E-state index >= 15 is 0 Å². The molecule has 16 heteroatoms. The highest BCUT2D eigenvalue weighted by molar-refractivity contribution is 7.64. The highest BCUT2D eigenvalue weighted by Gasteiger charge is 2.27. The fourth-order valence-electron chi connectivity index (χ4n) is 5.44. The van der Waals surface area contributed by atoms with Crippen LogP contribution >= 0.6 is 33.2 Å². The highest BCUT2D eigenvalue weighted by atomic mass is 35.8. The van der Waals surface area contributed by atoms with Crippen LogP contribution in [0.4, 0.5) is 26.3 Å². The number of rotatable bonds is 35. The lowest BCUT2D eigenvalue weighted by atomic mass is 10.0. The summed E-state index contributed by atoms with van der Waals surface area (Å²) in [5.74, 6) is 0. The van der Waals surface area contributed by atoms with E-state index in [1.807, 2.05) is 0 Å². The lowest BCUT2D eigenvalue weighted by Crippen LogP contribution is -2.64. The van der Waals surface area contributed by atoms with Gasteiger partial charge >= 0.3 is 18.4 Å². The molecule has 0 amide bonds. The monoisotopic (exact) mass is 858 g/mol. The van der Waals surface area contributed by atoms with Crippen LogP contribution < -0.4 is 9.59 Å². The Kier molecular flexibility index (Phi) is 40.9. The van der Waals surface area contributed by atoms with Crippen molar-refractivity contribution in [3.05, 3.63) is 0 Å². The minimum Gasteiger partial charge on any atom is -0.849 e. The van der Waals surface area contributed by atoms with E-state index < -0.39 is 40.4 Å². The van der Waals surface area contributed by atoms with E-state index in [1.54, 1.807) is 0 Å². The van der Waals surface area contributed by atoms with E-state index in [0.717, 1.165) is 76.7 Å². The topological polar surface area (TPSA) is 73.8 Å². The number of hydrogen-bond donors (Lipinski definition) is 0. The Morgan fingerprint density at radius 3 is 0.885 bits per heavy atom. The first-order chi connectivity index (χ1) is 24.0. The van der Waals surface area contributed by atoms with Gasteiger partial charge in [-0.05, 0) is 27.7 Å². The molecule has 52 heavy (non-hydrogen) atoms. The summed E-state index contributed by atoms with van der Waals surface area (Å²) >= 11 is 17.5. The van der Waals surface area contributed by atoms with Gasteiger partial charge in [0, 0.05) is 20.3 Å². The van der Waals surface area contributed by atoms with Crippen LogP contribution in [0.1, 0.15) is 174 Å². The summed E-state index contributed by atoms with van der Waals surface area (Å²) in [7, 11) is -2.62. The fraction of sp³-hybridized carbons (Fsp3) is 1.00. The van der Waals surface area contributed by atoms with Gasteiger partial charge in [-0.25, -0.2) is 0 Å². The third-order valence-electron chi connectivity index (χ3n) is 8.36. The number of alkyl halides is 6. The molecule has 0 aliphatic rings. The summed E-state index contributed by atoms with van der Waals surface area (Å²) in [4.78, 5) is 22.3. The van der Waals surface area contributed by atoms with Crippen LogP contribution in [0.3, 0.4) is 0 Å². The summed E-state index contributed by atoms with van der Waals surface area (Å²) in [5, 5.41) is 0. The summed E-state index contributed by atoms with van der Waals surface area (Å²) < 4.78 is 84.6. The molecule has 0 aromatic carbocycles. The van der Waals surface area contributed by atoms with E-state index in [2.05, 4.69) is 13.9 Å². The van der Waals surface area contributed by atoms with Gasteiger partial charge in [0.25, 0.3) is 0 Å². The van der Waals surface area contributed by atoms with Crippen LogP contribution in [0.25, 0.3) is 0 Å². The van der Waals surface area contributed by atoms with Crippen molar-refractivity contribution in [1.29, 1.82) is 0 Å². The van der Waals surface area contributed by atoms with Crippen LogP contribution in [0.15, 0.2) is 0 Å². The zero-order chi connectivity index (χ0) is 38.7. The minimum atomic E-state index is -4.22.